The molecule has 1 atom stereocenters. The van der Waals surface area contributed by atoms with Crippen LogP contribution in [0.15, 0.2) is 48.5 Å². The van der Waals surface area contributed by atoms with Crippen molar-refractivity contribution in [2.75, 3.05) is 0 Å². The van der Waals surface area contributed by atoms with Gasteiger partial charge in [-0.3, -0.25) is 4.79 Å². The minimum absolute atomic E-state index is 0.0656. The van der Waals surface area contributed by atoms with Crippen LogP contribution in [-0.4, -0.2) is 11.1 Å². The number of carboxylic acids is 1. The number of benzene rings is 2. The summed E-state index contributed by atoms with van der Waals surface area (Å²) in [5, 5.41) is 9.48. The lowest BCUT2D eigenvalue weighted by Gasteiger charge is -2.10. The normalized spacial score (nSPS) is 12.1. The molecule has 2 aromatic rings. The van der Waals surface area contributed by atoms with Crippen molar-refractivity contribution in [1.29, 1.82) is 0 Å². The van der Waals surface area contributed by atoms with Crippen LogP contribution >= 0.6 is 11.6 Å². The number of rotatable bonds is 5. The summed E-state index contributed by atoms with van der Waals surface area (Å²) in [7, 11) is 0. The summed E-state index contributed by atoms with van der Waals surface area (Å²) in [6, 6.07) is 14.9. The standard InChI is InChI=1S/C16H16ClNO2/c17-14-4-2-1-3-13(14)9-11-5-7-12(8-6-11)15(18)10-16(19)20/h1-8,15H,9-10,18H2,(H,19,20). The van der Waals surface area contributed by atoms with E-state index in [1.54, 1.807) is 0 Å². The third-order valence-corrected chi connectivity index (χ3v) is 3.52. The van der Waals surface area contributed by atoms with E-state index >= 15 is 0 Å². The maximum absolute atomic E-state index is 10.6. The van der Waals surface area contributed by atoms with Gasteiger partial charge in [0.1, 0.15) is 0 Å². The maximum atomic E-state index is 10.6. The van der Waals surface area contributed by atoms with Crippen molar-refractivity contribution in [2.24, 2.45) is 5.73 Å². The topological polar surface area (TPSA) is 63.3 Å². The minimum atomic E-state index is -0.891. The maximum Gasteiger partial charge on any atom is 0.305 e. The smallest absolute Gasteiger partial charge is 0.305 e. The van der Waals surface area contributed by atoms with Gasteiger partial charge in [-0.15, -0.1) is 0 Å². The highest BCUT2D eigenvalue weighted by Gasteiger charge is 2.10. The molecule has 0 fully saturated rings. The fraction of sp³-hybridized carbons (Fsp3) is 0.188. The highest BCUT2D eigenvalue weighted by molar-refractivity contribution is 6.31. The number of halogens is 1. The van der Waals surface area contributed by atoms with E-state index in [2.05, 4.69) is 0 Å². The Balaban J connectivity index is 2.09. The number of hydrogen-bond donors (Lipinski definition) is 2. The van der Waals surface area contributed by atoms with E-state index in [-0.39, 0.29) is 6.42 Å². The molecule has 3 nitrogen and oxygen atoms in total. The van der Waals surface area contributed by atoms with Crippen molar-refractivity contribution in [3.05, 3.63) is 70.2 Å². The summed E-state index contributed by atoms with van der Waals surface area (Å²) in [5.41, 5.74) is 8.83. The van der Waals surface area contributed by atoms with Gasteiger partial charge in [-0.05, 0) is 29.2 Å². The first-order chi connectivity index (χ1) is 9.56. The molecular formula is C16H16ClNO2. The molecule has 4 heteroatoms. The van der Waals surface area contributed by atoms with Gasteiger partial charge in [-0.25, -0.2) is 0 Å². The molecule has 2 rings (SSSR count). The molecule has 0 aliphatic rings. The van der Waals surface area contributed by atoms with Crippen LogP contribution in [0.25, 0.3) is 0 Å². The van der Waals surface area contributed by atoms with E-state index in [0.717, 1.165) is 28.1 Å². The summed E-state index contributed by atoms with van der Waals surface area (Å²) in [5.74, 6) is -0.891. The molecule has 0 amide bonds. The Bertz CT molecular complexity index is 596. The van der Waals surface area contributed by atoms with E-state index in [0.29, 0.717) is 0 Å². The first-order valence-electron chi connectivity index (χ1n) is 6.36. The molecule has 0 saturated carbocycles. The molecule has 2 aromatic carbocycles. The molecule has 0 bridgehead atoms. The van der Waals surface area contributed by atoms with Crippen molar-refractivity contribution in [3.63, 3.8) is 0 Å². The van der Waals surface area contributed by atoms with Crippen molar-refractivity contribution >= 4 is 17.6 Å². The van der Waals surface area contributed by atoms with Crippen LogP contribution in [-0.2, 0) is 11.2 Å². The number of aliphatic carboxylic acids is 1. The summed E-state index contributed by atoms with van der Waals surface area (Å²) >= 11 is 6.13. The molecule has 104 valence electrons. The van der Waals surface area contributed by atoms with E-state index in [9.17, 15) is 4.79 Å². The third kappa shape index (κ3) is 3.83. The Kier molecular flexibility index (Phi) is 4.77. The van der Waals surface area contributed by atoms with Crippen LogP contribution in [0.3, 0.4) is 0 Å². The number of carbonyl (C=O) groups is 1. The summed E-state index contributed by atoms with van der Waals surface area (Å²) in [6.45, 7) is 0. The second-order valence-electron chi connectivity index (χ2n) is 4.71. The highest BCUT2D eigenvalue weighted by atomic mass is 35.5. The SMILES string of the molecule is NC(CC(=O)O)c1ccc(Cc2ccccc2Cl)cc1. The number of nitrogens with two attached hydrogens (primary N) is 1. The van der Waals surface area contributed by atoms with Gasteiger partial charge in [-0.2, -0.15) is 0 Å². The fourth-order valence-corrected chi connectivity index (χ4v) is 2.25. The minimum Gasteiger partial charge on any atom is -0.481 e. The van der Waals surface area contributed by atoms with Crippen molar-refractivity contribution < 1.29 is 9.90 Å². The van der Waals surface area contributed by atoms with Crippen molar-refractivity contribution in [2.45, 2.75) is 18.9 Å². The predicted octanol–water partition coefficient (Wildman–Crippen LogP) is 3.41. The molecule has 0 radical (unpaired) electrons. The van der Waals surface area contributed by atoms with Crippen LogP contribution in [0, 0.1) is 0 Å². The van der Waals surface area contributed by atoms with E-state index in [4.69, 9.17) is 22.4 Å². The lowest BCUT2D eigenvalue weighted by Crippen LogP contribution is -2.14. The zero-order valence-electron chi connectivity index (χ0n) is 10.9. The fourth-order valence-electron chi connectivity index (χ4n) is 2.05. The van der Waals surface area contributed by atoms with Crippen molar-refractivity contribution in [3.8, 4) is 0 Å². The number of carboxylic acid groups (broad SMARTS) is 1. The third-order valence-electron chi connectivity index (χ3n) is 3.15. The van der Waals surface area contributed by atoms with E-state index < -0.39 is 12.0 Å². The second kappa shape index (κ2) is 6.55. The van der Waals surface area contributed by atoms with Gasteiger partial charge in [0.2, 0.25) is 0 Å². The molecule has 3 N–H and O–H groups in total. The summed E-state index contributed by atoms with van der Waals surface area (Å²) < 4.78 is 0. The Morgan fingerprint density at radius 3 is 2.40 bits per heavy atom. The second-order valence-corrected chi connectivity index (χ2v) is 5.12. The zero-order chi connectivity index (χ0) is 14.5. The van der Waals surface area contributed by atoms with E-state index in [1.807, 2.05) is 48.5 Å². The monoisotopic (exact) mass is 289 g/mol. The Morgan fingerprint density at radius 1 is 1.15 bits per heavy atom. The first-order valence-corrected chi connectivity index (χ1v) is 6.73. The number of hydrogen-bond acceptors (Lipinski definition) is 2. The molecule has 0 saturated heterocycles. The van der Waals surface area contributed by atoms with Crippen LogP contribution in [0.5, 0.6) is 0 Å². The summed E-state index contributed by atoms with van der Waals surface area (Å²) in [6.07, 6.45) is 0.679. The van der Waals surface area contributed by atoms with Crippen LogP contribution < -0.4 is 5.73 Å². The lowest BCUT2D eigenvalue weighted by molar-refractivity contribution is -0.137. The Hall–Kier alpha value is -1.84. The van der Waals surface area contributed by atoms with Gasteiger partial charge in [0, 0.05) is 11.1 Å². The van der Waals surface area contributed by atoms with Gasteiger partial charge in [-0.1, -0.05) is 54.1 Å². The summed E-state index contributed by atoms with van der Waals surface area (Å²) in [4.78, 5) is 10.6. The Morgan fingerprint density at radius 2 is 1.80 bits per heavy atom. The quantitative estimate of drug-likeness (QED) is 0.886. The van der Waals surface area contributed by atoms with Gasteiger partial charge in [0.25, 0.3) is 0 Å². The van der Waals surface area contributed by atoms with Gasteiger partial charge in [0.05, 0.1) is 6.42 Å². The highest BCUT2D eigenvalue weighted by Crippen LogP contribution is 2.20. The van der Waals surface area contributed by atoms with Crippen LogP contribution in [0.1, 0.15) is 29.2 Å². The molecule has 0 heterocycles. The molecule has 0 aliphatic heterocycles. The van der Waals surface area contributed by atoms with Gasteiger partial charge in [0.15, 0.2) is 0 Å². The predicted molar refractivity (Wildman–Crippen MR) is 79.9 cm³/mol. The van der Waals surface area contributed by atoms with Crippen LogP contribution in [0.4, 0.5) is 0 Å². The average Bonchev–Trinajstić information content (AvgIpc) is 2.41. The first kappa shape index (κ1) is 14.6. The molecule has 0 aliphatic carbocycles. The molecule has 20 heavy (non-hydrogen) atoms. The van der Waals surface area contributed by atoms with Crippen LogP contribution in [0.2, 0.25) is 5.02 Å². The molecule has 0 aromatic heterocycles. The molecule has 0 spiro atoms. The Labute approximate surface area is 123 Å². The average molecular weight is 290 g/mol. The molecular weight excluding hydrogens is 274 g/mol. The van der Waals surface area contributed by atoms with Gasteiger partial charge >= 0.3 is 5.97 Å². The van der Waals surface area contributed by atoms with Crippen molar-refractivity contribution in [1.82, 2.24) is 0 Å². The lowest BCUT2D eigenvalue weighted by atomic mass is 10.00. The largest absolute Gasteiger partial charge is 0.481 e. The zero-order valence-corrected chi connectivity index (χ0v) is 11.7. The van der Waals surface area contributed by atoms with E-state index in [1.165, 1.54) is 0 Å². The molecule has 1 unspecified atom stereocenters. The van der Waals surface area contributed by atoms with Gasteiger partial charge < -0.3 is 10.8 Å².